The molecule has 0 bridgehead atoms. The number of alkyl halides is 2. The molecular formula is C22H22F2N2O4. The summed E-state index contributed by atoms with van der Waals surface area (Å²) in [6.45, 7) is 2.28. The van der Waals surface area contributed by atoms with Crippen molar-refractivity contribution in [2.24, 2.45) is 0 Å². The van der Waals surface area contributed by atoms with Crippen LogP contribution in [0.5, 0.6) is 5.75 Å². The Labute approximate surface area is 172 Å². The summed E-state index contributed by atoms with van der Waals surface area (Å²) in [5.74, 6) is -0.793. The number of halogens is 2. The predicted octanol–water partition coefficient (Wildman–Crippen LogP) is 4.06. The number of imide groups is 1. The van der Waals surface area contributed by atoms with Crippen LogP contribution >= 0.6 is 0 Å². The van der Waals surface area contributed by atoms with Crippen molar-refractivity contribution in [3.05, 3.63) is 65.2 Å². The highest BCUT2D eigenvalue weighted by molar-refractivity contribution is 6.11. The Hall–Kier alpha value is -3.29. The van der Waals surface area contributed by atoms with Gasteiger partial charge in [-0.25, -0.2) is 4.79 Å². The van der Waals surface area contributed by atoms with Crippen LogP contribution < -0.4 is 10.1 Å². The first-order chi connectivity index (χ1) is 14.1. The quantitative estimate of drug-likeness (QED) is 0.546. The zero-order chi connectivity index (χ0) is 22.1. The van der Waals surface area contributed by atoms with E-state index in [1.54, 1.807) is 19.1 Å². The summed E-state index contributed by atoms with van der Waals surface area (Å²) in [4.78, 5) is 38.8. The van der Waals surface area contributed by atoms with Gasteiger partial charge in [0.2, 0.25) is 0 Å². The van der Waals surface area contributed by atoms with Gasteiger partial charge in [-0.05, 0) is 48.2 Å². The summed E-state index contributed by atoms with van der Waals surface area (Å²) in [5.41, 5.74) is 0.619. The van der Waals surface area contributed by atoms with E-state index in [0.29, 0.717) is 11.5 Å². The van der Waals surface area contributed by atoms with Gasteiger partial charge in [-0.1, -0.05) is 38.1 Å². The maximum atomic E-state index is 13.0. The van der Waals surface area contributed by atoms with Crippen LogP contribution in [0.15, 0.2) is 48.5 Å². The molecule has 1 heterocycles. The monoisotopic (exact) mass is 416 g/mol. The smallest absolute Gasteiger partial charge is 0.387 e. The first-order valence-corrected chi connectivity index (χ1v) is 9.44. The molecule has 1 aliphatic heterocycles. The van der Waals surface area contributed by atoms with Crippen molar-refractivity contribution in [2.45, 2.75) is 38.8 Å². The molecule has 0 radical (unpaired) electrons. The molecule has 0 saturated carbocycles. The zero-order valence-electron chi connectivity index (χ0n) is 16.8. The number of ether oxygens (including phenoxy) is 1. The fourth-order valence-corrected chi connectivity index (χ4v) is 3.29. The van der Waals surface area contributed by atoms with Crippen molar-refractivity contribution < 1.29 is 27.9 Å². The number of hydrogen-bond donors (Lipinski definition) is 1. The molecule has 30 heavy (non-hydrogen) atoms. The van der Waals surface area contributed by atoms with E-state index in [1.165, 1.54) is 24.3 Å². The average molecular weight is 416 g/mol. The van der Waals surface area contributed by atoms with Crippen molar-refractivity contribution in [3.63, 3.8) is 0 Å². The van der Waals surface area contributed by atoms with E-state index in [4.69, 9.17) is 0 Å². The highest BCUT2D eigenvalue weighted by Crippen LogP contribution is 2.30. The number of benzene rings is 2. The Balaban J connectivity index is 1.75. The van der Waals surface area contributed by atoms with Crippen LogP contribution in [0.25, 0.3) is 0 Å². The van der Waals surface area contributed by atoms with Crippen molar-refractivity contribution in [1.82, 2.24) is 10.2 Å². The molecule has 158 valence electrons. The van der Waals surface area contributed by atoms with Crippen LogP contribution in [-0.2, 0) is 10.3 Å². The first kappa shape index (κ1) is 21.4. The Morgan fingerprint density at radius 1 is 1.07 bits per heavy atom. The minimum absolute atomic E-state index is 0.0889. The summed E-state index contributed by atoms with van der Waals surface area (Å²) in [5, 5.41) is 2.66. The lowest BCUT2D eigenvalue weighted by atomic mass is 9.90. The Kier molecular flexibility index (Phi) is 5.87. The van der Waals surface area contributed by atoms with Gasteiger partial charge in [0.05, 0.1) is 6.54 Å². The fraction of sp³-hybridized carbons (Fsp3) is 0.318. The minimum atomic E-state index is -2.97. The van der Waals surface area contributed by atoms with Gasteiger partial charge >= 0.3 is 12.6 Å². The number of nitrogens with zero attached hydrogens (tertiary/aromatic N) is 1. The highest BCUT2D eigenvalue weighted by Gasteiger charge is 2.49. The third-order valence-electron chi connectivity index (χ3n) is 5.13. The standard InChI is InChI=1S/C22H22F2N2O4/c1-13(2)14-4-8-16(9-5-14)22(3)19(28)26(21(29)25-22)12-18(27)15-6-10-17(11-7-15)30-20(23)24/h4-11,13,20H,12H2,1-3H3,(H,25,29)/t22-/m0/s1. The number of rotatable bonds is 7. The number of carbonyl (C=O) groups excluding carboxylic acids is 3. The van der Waals surface area contributed by atoms with Crippen LogP contribution in [-0.4, -0.2) is 35.8 Å². The number of nitrogens with one attached hydrogen (secondary N) is 1. The molecule has 0 unspecified atom stereocenters. The predicted molar refractivity (Wildman–Crippen MR) is 106 cm³/mol. The molecule has 1 aliphatic rings. The molecule has 1 N–H and O–H groups in total. The number of urea groups is 1. The molecule has 2 aromatic carbocycles. The topological polar surface area (TPSA) is 75.7 Å². The summed E-state index contributed by atoms with van der Waals surface area (Å²) in [6.07, 6.45) is 0. The van der Waals surface area contributed by atoms with E-state index < -0.39 is 36.4 Å². The molecule has 1 fully saturated rings. The lowest BCUT2D eigenvalue weighted by Crippen LogP contribution is -2.41. The second-order valence-electron chi connectivity index (χ2n) is 7.55. The molecule has 1 saturated heterocycles. The van der Waals surface area contributed by atoms with Crippen LogP contribution in [0.4, 0.5) is 13.6 Å². The molecule has 3 amide bonds. The van der Waals surface area contributed by atoms with E-state index in [-0.39, 0.29) is 11.3 Å². The molecule has 0 aromatic heterocycles. The van der Waals surface area contributed by atoms with Gasteiger partial charge in [0.15, 0.2) is 5.78 Å². The van der Waals surface area contributed by atoms with Crippen molar-refractivity contribution in [3.8, 4) is 5.75 Å². The summed E-state index contributed by atoms with van der Waals surface area (Å²) < 4.78 is 28.7. The van der Waals surface area contributed by atoms with E-state index >= 15 is 0 Å². The summed E-state index contributed by atoms with van der Waals surface area (Å²) in [6, 6.07) is 11.8. The first-order valence-electron chi connectivity index (χ1n) is 9.44. The van der Waals surface area contributed by atoms with Crippen molar-refractivity contribution in [2.75, 3.05) is 6.54 Å². The molecule has 2 aromatic rings. The molecule has 3 rings (SSSR count). The van der Waals surface area contributed by atoms with Crippen molar-refractivity contribution in [1.29, 1.82) is 0 Å². The Morgan fingerprint density at radius 2 is 1.67 bits per heavy atom. The number of carbonyl (C=O) groups is 3. The Morgan fingerprint density at radius 3 is 2.20 bits per heavy atom. The normalized spacial score (nSPS) is 18.8. The third-order valence-corrected chi connectivity index (χ3v) is 5.13. The van der Waals surface area contributed by atoms with E-state index in [2.05, 4.69) is 23.9 Å². The second kappa shape index (κ2) is 8.22. The lowest BCUT2D eigenvalue weighted by Gasteiger charge is -2.22. The number of Topliss-reactive ketones (excluding diaryl/α,β-unsaturated/α-hetero) is 1. The van der Waals surface area contributed by atoms with E-state index in [1.807, 2.05) is 12.1 Å². The minimum Gasteiger partial charge on any atom is -0.435 e. The largest absolute Gasteiger partial charge is 0.435 e. The molecule has 0 aliphatic carbocycles. The van der Waals surface area contributed by atoms with Gasteiger partial charge in [0.1, 0.15) is 11.3 Å². The molecular weight excluding hydrogens is 394 g/mol. The van der Waals surface area contributed by atoms with Gasteiger partial charge in [0, 0.05) is 5.56 Å². The van der Waals surface area contributed by atoms with Crippen LogP contribution in [0, 0.1) is 0 Å². The molecule has 6 nitrogen and oxygen atoms in total. The lowest BCUT2D eigenvalue weighted by molar-refractivity contribution is -0.130. The number of amides is 3. The van der Waals surface area contributed by atoms with Gasteiger partial charge in [-0.15, -0.1) is 0 Å². The molecule has 8 heteroatoms. The third kappa shape index (κ3) is 4.17. The maximum Gasteiger partial charge on any atom is 0.387 e. The number of hydrogen-bond acceptors (Lipinski definition) is 4. The van der Waals surface area contributed by atoms with Gasteiger partial charge in [-0.2, -0.15) is 8.78 Å². The Bertz CT molecular complexity index is 958. The van der Waals surface area contributed by atoms with E-state index in [9.17, 15) is 23.2 Å². The van der Waals surface area contributed by atoms with Gasteiger partial charge < -0.3 is 10.1 Å². The SMILES string of the molecule is CC(C)c1ccc([C@]2(C)NC(=O)N(CC(=O)c3ccc(OC(F)F)cc3)C2=O)cc1. The van der Waals surface area contributed by atoms with Gasteiger partial charge in [0.25, 0.3) is 5.91 Å². The fourth-order valence-electron chi connectivity index (χ4n) is 3.29. The summed E-state index contributed by atoms with van der Waals surface area (Å²) in [7, 11) is 0. The van der Waals surface area contributed by atoms with Crippen LogP contribution in [0.3, 0.4) is 0 Å². The van der Waals surface area contributed by atoms with E-state index in [0.717, 1.165) is 10.5 Å². The maximum absolute atomic E-state index is 13.0. The number of ketones is 1. The molecule has 1 atom stereocenters. The second-order valence-corrected chi connectivity index (χ2v) is 7.55. The van der Waals surface area contributed by atoms with Crippen LogP contribution in [0.1, 0.15) is 48.2 Å². The summed E-state index contributed by atoms with van der Waals surface area (Å²) >= 11 is 0. The molecule has 0 spiro atoms. The van der Waals surface area contributed by atoms with Crippen LogP contribution in [0.2, 0.25) is 0 Å². The zero-order valence-corrected chi connectivity index (χ0v) is 16.8. The average Bonchev–Trinajstić information content (AvgIpc) is 2.92. The van der Waals surface area contributed by atoms with Gasteiger partial charge in [-0.3, -0.25) is 14.5 Å². The van der Waals surface area contributed by atoms with Crippen molar-refractivity contribution >= 4 is 17.7 Å². The highest BCUT2D eigenvalue weighted by atomic mass is 19.3.